The van der Waals surface area contributed by atoms with Gasteiger partial charge in [0, 0.05) is 22.5 Å². The molecule has 210 valence electrons. The van der Waals surface area contributed by atoms with Crippen molar-refractivity contribution in [3.05, 3.63) is 76.8 Å². The fourth-order valence-electron chi connectivity index (χ4n) is 5.13. The molecule has 0 spiro atoms. The first-order chi connectivity index (χ1) is 19.0. The number of unbranched alkanes of at least 4 members (excludes halogenated alkanes) is 1. The number of benzene rings is 2. The predicted octanol–water partition coefficient (Wildman–Crippen LogP) is 5.50. The van der Waals surface area contributed by atoms with Crippen LogP contribution in [0.1, 0.15) is 56.6 Å². The number of carboxylic acid groups (broad SMARTS) is 1. The molecular weight excluding hydrogens is 510 g/mol. The van der Waals surface area contributed by atoms with Gasteiger partial charge in [0.05, 0.1) is 6.61 Å². The van der Waals surface area contributed by atoms with Crippen molar-refractivity contribution in [3.8, 4) is 5.75 Å². The molecule has 2 heterocycles. The Kier molecular flexibility index (Phi) is 11.2. The number of hydrogen-bond acceptors (Lipinski definition) is 4. The Balaban J connectivity index is 1.25. The SMILES string of the molecule is CC/C(=C/S(=O)NC(Cc1ccc(OCCCCC2CCNCC2)cc1)C(=O)O)Cc1c[nH]c2ccccc12. The van der Waals surface area contributed by atoms with Crippen molar-refractivity contribution >= 4 is 27.9 Å². The Morgan fingerprint density at radius 2 is 1.92 bits per heavy atom. The van der Waals surface area contributed by atoms with Crippen LogP contribution in [-0.2, 0) is 28.6 Å². The van der Waals surface area contributed by atoms with Crippen molar-refractivity contribution in [2.45, 2.75) is 64.3 Å². The summed E-state index contributed by atoms with van der Waals surface area (Å²) in [6.07, 6.45) is 9.65. The van der Waals surface area contributed by atoms with Crippen LogP contribution in [0.5, 0.6) is 5.75 Å². The van der Waals surface area contributed by atoms with Gasteiger partial charge in [0.1, 0.15) is 22.8 Å². The molecule has 0 bridgehead atoms. The van der Waals surface area contributed by atoms with E-state index >= 15 is 0 Å². The number of nitrogens with one attached hydrogen (secondary N) is 3. The third kappa shape index (κ3) is 9.05. The number of allylic oxidation sites excluding steroid dienone is 1. The zero-order valence-corrected chi connectivity index (χ0v) is 23.6. The van der Waals surface area contributed by atoms with Crippen LogP contribution in [-0.4, -0.2) is 46.0 Å². The summed E-state index contributed by atoms with van der Waals surface area (Å²) in [4.78, 5) is 15.2. The Morgan fingerprint density at radius 1 is 1.15 bits per heavy atom. The molecule has 2 unspecified atom stereocenters. The van der Waals surface area contributed by atoms with E-state index in [1.165, 1.54) is 25.7 Å². The van der Waals surface area contributed by atoms with E-state index in [-0.39, 0.29) is 6.42 Å². The Hall–Kier alpha value is -2.94. The lowest BCUT2D eigenvalue weighted by molar-refractivity contribution is -0.138. The van der Waals surface area contributed by atoms with E-state index in [4.69, 9.17) is 4.74 Å². The second-order valence-electron chi connectivity index (χ2n) is 10.4. The lowest BCUT2D eigenvalue weighted by atomic mass is 9.93. The summed E-state index contributed by atoms with van der Waals surface area (Å²) >= 11 is 0. The van der Waals surface area contributed by atoms with Crippen molar-refractivity contribution in [2.24, 2.45) is 5.92 Å². The topological polar surface area (TPSA) is 103 Å². The molecule has 1 aromatic heterocycles. The molecule has 2 aromatic carbocycles. The molecule has 39 heavy (non-hydrogen) atoms. The van der Waals surface area contributed by atoms with E-state index in [1.807, 2.05) is 55.6 Å². The summed E-state index contributed by atoms with van der Waals surface area (Å²) in [7, 11) is -1.61. The van der Waals surface area contributed by atoms with Crippen LogP contribution in [0.25, 0.3) is 10.9 Å². The summed E-state index contributed by atoms with van der Waals surface area (Å²) in [5, 5.41) is 16.0. The summed E-state index contributed by atoms with van der Waals surface area (Å²) < 4.78 is 21.5. The molecule has 0 aliphatic carbocycles. The number of ether oxygens (including phenoxy) is 1. The number of carboxylic acids is 1. The van der Waals surface area contributed by atoms with Crippen LogP contribution in [0.3, 0.4) is 0 Å². The van der Waals surface area contributed by atoms with Crippen molar-refractivity contribution in [1.29, 1.82) is 0 Å². The van der Waals surface area contributed by atoms with Gasteiger partial charge in [-0.1, -0.05) is 49.2 Å². The number of aromatic nitrogens is 1. The molecule has 1 saturated heterocycles. The molecule has 2 atom stereocenters. The summed E-state index contributed by atoms with van der Waals surface area (Å²) in [6, 6.07) is 14.7. The van der Waals surface area contributed by atoms with E-state index in [0.29, 0.717) is 13.0 Å². The standard InChI is InChI=1S/C31H41N3O4S/c1-2-23(19-26-21-33-29-9-4-3-8-28(26)29)22-39(37)34-30(31(35)36)20-25-10-12-27(13-11-25)38-18-6-5-7-24-14-16-32-17-15-24/h3-4,8-13,21-22,24,30,32-34H,2,5-7,14-20H2,1H3,(H,35,36)/b23-22-. The quantitative estimate of drug-likeness (QED) is 0.187. The molecule has 4 N–H and O–H groups in total. The maximum atomic E-state index is 12.9. The average molecular weight is 552 g/mol. The molecule has 1 aliphatic rings. The molecule has 0 amide bonds. The van der Waals surface area contributed by atoms with Crippen molar-refractivity contribution in [3.63, 3.8) is 0 Å². The molecule has 7 nitrogen and oxygen atoms in total. The molecule has 1 aliphatic heterocycles. The number of aromatic amines is 1. The first-order valence-electron chi connectivity index (χ1n) is 14.1. The van der Waals surface area contributed by atoms with Crippen molar-refractivity contribution in [1.82, 2.24) is 15.0 Å². The van der Waals surface area contributed by atoms with Gasteiger partial charge in [-0.2, -0.15) is 0 Å². The number of aliphatic carboxylic acids is 1. The highest BCUT2D eigenvalue weighted by molar-refractivity contribution is 7.86. The maximum Gasteiger partial charge on any atom is 0.321 e. The second-order valence-corrected chi connectivity index (χ2v) is 11.4. The minimum atomic E-state index is -1.61. The van der Waals surface area contributed by atoms with Gasteiger partial charge in [0.15, 0.2) is 0 Å². The van der Waals surface area contributed by atoms with E-state index in [1.54, 1.807) is 5.41 Å². The number of rotatable bonds is 15. The largest absolute Gasteiger partial charge is 0.494 e. The first-order valence-corrected chi connectivity index (χ1v) is 15.3. The predicted molar refractivity (Wildman–Crippen MR) is 158 cm³/mol. The maximum absolute atomic E-state index is 12.9. The highest BCUT2D eigenvalue weighted by Crippen LogP contribution is 2.22. The van der Waals surface area contributed by atoms with Gasteiger partial charge in [-0.3, -0.25) is 4.79 Å². The van der Waals surface area contributed by atoms with Crippen LogP contribution >= 0.6 is 0 Å². The molecule has 1 fully saturated rings. The van der Waals surface area contributed by atoms with Crippen LogP contribution < -0.4 is 14.8 Å². The van der Waals surface area contributed by atoms with E-state index in [0.717, 1.165) is 65.2 Å². The third-order valence-corrected chi connectivity index (χ3v) is 8.54. The number of H-pyrrole nitrogens is 1. The van der Waals surface area contributed by atoms with E-state index < -0.39 is 23.0 Å². The van der Waals surface area contributed by atoms with Gasteiger partial charge in [-0.25, -0.2) is 8.93 Å². The van der Waals surface area contributed by atoms with Crippen molar-refractivity contribution in [2.75, 3.05) is 19.7 Å². The smallest absolute Gasteiger partial charge is 0.321 e. The van der Waals surface area contributed by atoms with Gasteiger partial charge < -0.3 is 20.1 Å². The minimum Gasteiger partial charge on any atom is -0.494 e. The Labute approximate surface area is 234 Å². The molecule has 4 rings (SSSR count). The molecule has 0 radical (unpaired) electrons. The minimum absolute atomic E-state index is 0.231. The monoisotopic (exact) mass is 551 g/mol. The zero-order chi connectivity index (χ0) is 27.5. The normalized spacial score (nSPS) is 16.3. The number of hydrogen-bond donors (Lipinski definition) is 4. The molecule has 0 saturated carbocycles. The van der Waals surface area contributed by atoms with Crippen LogP contribution in [0, 0.1) is 5.92 Å². The van der Waals surface area contributed by atoms with E-state index in [9.17, 15) is 14.1 Å². The third-order valence-electron chi connectivity index (χ3n) is 7.47. The van der Waals surface area contributed by atoms with Crippen LogP contribution in [0.2, 0.25) is 0 Å². The molecule has 8 heteroatoms. The van der Waals surface area contributed by atoms with Gasteiger partial charge in [-0.15, -0.1) is 0 Å². The Bertz CT molecular complexity index is 1250. The lowest BCUT2D eigenvalue weighted by Gasteiger charge is -2.22. The molecular formula is C31H41N3O4S. The van der Waals surface area contributed by atoms with E-state index in [2.05, 4.69) is 21.1 Å². The van der Waals surface area contributed by atoms with Gasteiger partial charge in [0.25, 0.3) is 0 Å². The van der Waals surface area contributed by atoms with Gasteiger partial charge in [0.2, 0.25) is 0 Å². The highest BCUT2D eigenvalue weighted by Gasteiger charge is 2.20. The zero-order valence-electron chi connectivity index (χ0n) is 22.8. The summed E-state index contributed by atoms with van der Waals surface area (Å²) in [5.74, 6) is 0.608. The van der Waals surface area contributed by atoms with Crippen LogP contribution in [0.15, 0.2) is 65.7 Å². The fraction of sp³-hybridized carbons (Fsp3) is 0.452. The van der Waals surface area contributed by atoms with Crippen molar-refractivity contribution < 1.29 is 18.8 Å². The summed E-state index contributed by atoms with van der Waals surface area (Å²) in [6.45, 7) is 4.99. The number of carbonyl (C=O) groups is 1. The van der Waals surface area contributed by atoms with Gasteiger partial charge in [-0.05, 0) is 93.3 Å². The number of piperidine rings is 1. The Morgan fingerprint density at radius 3 is 2.67 bits per heavy atom. The number of para-hydroxylation sites is 1. The first kappa shape index (κ1) is 29.1. The second kappa shape index (κ2) is 15.0. The summed E-state index contributed by atoms with van der Waals surface area (Å²) in [5.41, 5.74) is 4.04. The fourth-order valence-corrected chi connectivity index (χ4v) is 6.22. The van der Waals surface area contributed by atoms with Gasteiger partial charge >= 0.3 is 5.97 Å². The number of fused-ring (bicyclic) bond motifs is 1. The lowest BCUT2D eigenvalue weighted by Crippen LogP contribution is -2.39. The average Bonchev–Trinajstić information content (AvgIpc) is 3.36. The molecule has 3 aromatic rings. The highest BCUT2D eigenvalue weighted by atomic mass is 32.2. The van der Waals surface area contributed by atoms with Crippen LogP contribution in [0.4, 0.5) is 0 Å².